The molecule has 0 unspecified atom stereocenters. The first-order valence-corrected chi connectivity index (χ1v) is 7.62. The van der Waals surface area contributed by atoms with Crippen molar-refractivity contribution in [2.24, 2.45) is 5.92 Å². The zero-order chi connectivity index (χ0) is 14.6. The van der Waals surface area contributed by atoms with Crippen molar-refractivity contribution >= 4 is 5.91 Å². The Morgan fingerprint density at radius 2 is 1.90 bits per heavy atom. The van der Waals surface area contributed by atoms with Crippen LogP contribution < -0.4 is 10.6 Å². The van der Waals surface area contributed by atoms with Crippen molar-refractivity contribution < 1.29 is 4.79 Å². The molecule has 0 aromatic heterocycles. The molecule has 3 nitrogen and oxygen atoms in total. The molecule has 1 aliphatic carbocycles. The van der Waals surface area contributed by atoms with Crippen LogP contribution in [0.3, 0.4) is 0 Å². The minimum atomic E-state index is -0.329. The third kappa shape index (κ3) is 4.34. The topological polar surface area (TPSA) is 41.1 Å². The Bertz CT molecular complexity index is 447. The zero-order valence-electron chi connectivity index (χ0n) is 12.8. The number of carbonyl (C=O) groups excluding carboxylic acids is 1. The van der Waals surface area contributed by atoms with E-state index in [0.29, 0.717) is 6.54 Å². The Kier molecular flexibility index (Phi) is 4.81. The van der Waals surface area contributed by atoms with Gasteiger partial charge in [0.15, 0.2) is 0 Å². The summed E-state index contributed by atoms with van der Waals surface area (Å²) in [6, 6.07) is 8.48. The molecule has 2 rings (SSSR count). The second-order valence-electron chi connectivity index (χ2n) is 6.30. The lowest BCUT2D eigenvalue weighted by Crippen LogP contribution is -2.45. The highest BCUT2D eigenvalue weighted by Crippen LogP contribution is 2.27. The van der Waals surface area contributed by atoms with Crippen molar-refractivity contribution in [3.8, 4) is 0 Å². The van der Waals surface area contributed by atoms with E-state index in [4.69, 9.17) is 0 Å². The first-order valence-electron chi connectivity index (χ1n) is 7.62. The number of hydrogen-bond donors (Lipinski definition) is 2. The Morgan fingerprint density at radius 1 is 1.25 bits per heavy atom. The lowest BCUT2D eigenvalue weighted by molar-refractivity contribution is -0.121. The van der Waals surface area contributed by atoms with Crippen molar-refractivity contribution in [2.75, 3.05) is 13.1 Å². The molecule has 0 heterocycles. The van der Waals surface area contributed by atoms with E-state index in [1.807, 2.05) is 13.8 Å². The summed E-state index contributed by atoms with van der Waals surface area (Å²) < 4.78 is 0. The van der Waals surface area contributed by atoms with Crippen LogP contribution in [0.5, 0.6) is 0 Å². The fourth-order valence-electron chi connectivity index (χ4n) is 2.33. The fourth-order valence-corrected chi connectivity index (χ4v) is 2.33. The van der Waals surface area contributed by atoms with E-state index in [1.54, 1.807) is 0 Å². The van der Waals surface area contributed by atoms with Crippen molar-refractivity contribution in [1.82, 2.24) is 10.6 Å². The van der Waals surface area contributed by atoms with E-state index >= 15 is 0 Å². The Morgan fingerprint density at radius 3 is 2.45 bits per heavy atom. The summed E-state index contributed by atoms with van der Waals surface area (Å²) in [4.78, 5) is 12.0. The lowest BCUT2D eigenvalue weighted by Gasteiger charge is -2.27. The highest BCUT2D eigenvalue weighted by Gasteiger charge is 2.24. The molecule has 0 aliphatic heterocycles. The molecular weight excluding hydrogens is 248 g/mol. The van der Waals surface area contributed by atoms with Gasteiger partial charge in [-0.25, -0.2) is 0 Å². The molecule has 1 amide bonds. The molecule has 1 fully saturated rings. The summed E-state index contributed by atoms with van der Waals surface area (Å²) in [5, 5.41) is 6.33. The summed E-state index contributed by atoms with van der Waals surface area (Å²) in [6.07, 6.45) is 3.66. The maximum atomic E-state index is 12.0. The van der Waals surface area contributed by atoms with Crippen LogP contribution in [0.15, 0.2) is 24.3 Å². The summed E-state index contributed by atoms with van der Waals surface area (Å²) in [7, 11) is 0. The molecule has 20 heavy (non-hydrogen) atoms. The van der Waals surface area contributed by atoms with E-state index in [0.717, 1.165) is 24.4 Å². The monoisotopic (exact) mass is 274 g/mol. The number of nitrogens with one attached hydrogen (secondary N) is 2. The molecule has 2 N–H and O–H groups in total. The van der Waals surface area contributed by atoms with E-state index in [9.17, 15) is 4.79 Å². The van der Waals surface area contributed by atoms with Crippen LogP contribution in [0, 0.1) is 5.92 Å². The van der Waals surface area contributed by atoms with Crippen molar-refractivity contribution in [1.29, 1.82) is 0 Å². The van der Waals surface area contributed by atoms with Gasteiger partial charge >= 0.3 is 0 Å². The predicted molar refractivity (Wildman–Crippen MR) is 82.6 cm³/mol. The zero-order valence-corrected chi connectivity index (χ0v) is 12.8. The Labute approximate surface area is 122 Å². The van der Waals surface area contributed by atoms with Crippen LogP contribution in [-0.2, 0) is 16.8 Å². The number of rotatable bonds is 7. The van der Waals surface area contributed by atoms with Gasteiger partial charge in [0.1, 0.15) is 0 Å². The number of hydrogen-bond acceptors (Lipinski definition) is 2. The summed E-state index contributed by atoms with van der Waals surface area (Å²) in [5.74, 6) is 0.868. The second-order valence-corrected chi connectivity index (χ2v) is 6.30. The van der Waals surface area contributed by atoms with Gasteiger partial charge in [0.25, 0.3) is 0 Å². The van der Waals surface area contributed by atoms with Gasteiger partial charge in [-0.2, -0.15) is 0 Å². The molecule has 3 heteroatoms. The molecule has 0 saturated heterocycles. The molecule has 1 aliphatic rings. The quantitative estimate of drug-likeness (QED) is 0.802. The minimum absolute atomic E-state index is 0.0650. The SMILES string of the molecule is CCc1ccc(C(C)(C)NC(=O)CNCC2CC2)cc1. The van der Waals surface area contributed by atoms with Gasteiger partial charge in [0.05, 0.1) is 12.1 Å². The number of aryl methyl sites for hydroxylation is 1. The van der Waals surface area contributed by atoms with Gasteiger partial charge in [-0.1, -0.05) is 31.2 Å². The molecular formula is C17H26N2O. The van der Waals surface area contributed by atoms with E-state index in [2.05, 4.69) is 41.8 Å². The van der Waals surface area contributed by atoms with Crippen LogP contribution in [0.4, 0.5) is 0 Å². The van der Waals surface area contributed by atoms with Crippen LogP contribution >= 0.6 is 0 Å². The smallest absolute Gasteiger partial charge is 0.234 e. The van der Waals surface area contributed by atoms with E-state index in [1.165, 1.54) is 18.4 Å². The maximum Gasteiger partial charge on any atom is 0.234 e. The van der Waals surface area contributed by atoms with Gasteiger partial charge in [0.2, 0.25) is 5.91 Å². The molecule has 1 aromatic rings. The van der Waals surface area contributed by atoms with Crippen LogP contribution in [0.2, 0.25) is 0 Å². The Balaban J connectivity index is 1.85. The number of carbonyl (C=O) groups is 1. The number of benzene rings is 1. The summed E-state index contributed by atoms with van der Waals surface area (Å²) >= 11 is 0. The third-order valence-corrected chi connectivity index (χ3v) is 3.95. The third-order valence-electron chi connectivity index (χ3n) is 3.95. The van der Waals surface area contributed by atoms with Gasteiger partial charge in [-0.05, 0) is 56.7 Å². The normalized spacial score (nSPS) is 15.2. The first-order chi connectivity index (χ1) is 9.51. The standard InChI is InChI=1S/C17H26N2O/c1-4-13-7-9-15(10-8-13)17(2,3)19-16(20)12-18-11-14-5-6-14/h7-10,14,18H,4-6,11-12H2,1-3H3,(H,19,20). The average Bonchev–Trinajstić information content (AvgIpc) is 3.22. The van der Waals surface area contributed by atoms with Crippen molar-refractivity contribution in [3.05, 3.63) is 35.4 Å². The molecule has 1 aromatic carbocycles. The van der Waals surface area contributed by atoms with Crippen LogP contribution in [-0.4, -0.2) is 19.0 Å². The van der Waals surface area contributed by atoms with Gasteiger partial charge in [0, 0.05) is 0 Å². The maximum absolute atomic E-state index is 12.0. The van der Waals surface area contributed by atoms with E-state index in [-0.39, 0.29) is 11.4 Å². The molecule has 110 valence electrons. The highest BCUT2D eigenvalue weighted by molar-refractivity contribution is 5.79. The van der Waals surface area contributed by atoms with Crippen LogP contribution in [0.25, 0.3) is 0 Å². The summed E-state index contributed by atoms with van der Waals surface area (Å²) in [6.45, 7) is 7.62. The number of amides is 1. The highest BCUT2D eigenvalue weighted by atomic mass is 16.2. The molecule has 0 atom stereocenters. The van der Waals surface area contributed by atoms with Gasteiger partial charge in [-0.3, -0.25) is 4.79 Å². The molecule has 0 bridgehead atoms. The van der Waals surface area contributed by atoms with Crippen LogP contribution in [0.1, 0.15) is 44.7 Å². The van der Waals surface area contributed by atoms with Gasteiger partial charge in [-0.15, -0.1) is 0 Å². The largest absolute Gasteiger partial charge is 0.346 e. The van der Waals surface area contributed by atoms with E-state index < -0.39 is 0 Å². The minimum Gasteiger partial charge on any atom is -0.346 e. The average molecular weight is 274 g/mol. The van der Waals surface area contributed by atoms with Gasteiger partial charge < -0.3 is 10.6 Å². The molecule has 0 spiro atoms. The lowest BCUT2D eigenvalue weighted by atomic mass is 9.93. The predicted octanol–water partition coefficient (Wildman–Crippen LogP) is 2.60. The Hall–Kier alpha value is -1.35. The fraction of sp³-hybridized carbons (Fsp3) is 0.588. The first kappa shape index (κ1) is 15.0. The van der Waals surface area contributed by atoms with Crippen molar-refractivity contribution in [3.63, 3.8) is 0 Å². The summed E-state index contributed by atoms with van der Waals surface area (Å²) in [5.41, 5.74) is 2.14. The molecule has 0 radical (unpaired) electrons. The second kappa shape index (κ2) is 6.40. The van der Waals surface area contributed by atoms with Crippen molar-refractivity contribution in [2.45, 2.75) is 45.6 Å². The molecule has 1 saturated carbocycles.